The number of rotatable bonds is 9. The first-order chi connectivity index (χ1) is 8.30. The van der Waals surface area contributed by atoms with Gasteiger partial charge in [0.2, 0.25) is 0 Å². The summed E-state index contributed by atoms with van der Waals surface area (Å²) in [5, 5.41) is 6.29. The van der Waals surface area contributed by atoms with Crippen LogP contribution in [0.25, 0.3) is 0 Å². The van der Waals surface area contributed by atoms with Crippen molar-refractivity contribution in [1.82, 2.24) is 15.2 Å². The van der Waals surface area contributed by atoms with Crippen LogP contribution in [0.3, 0.4) is 0 Å². The second-order valence-electron chi connectivity index (χ2n) is 3.84. The first-order valence-electron chi connectivity index (χ1n) is 6.18. The van der Waals surface area contributed by atoms with E-state index in [-0.39, 0.29) is 0 Å². The van der Waals surface area contributed by atoms with Crippen molar-refractivity contribution in [3.63, 3.8) is 0 Å². The van der Waals surface area contributed by atoms with Gasteiger partial charge in [-0.15, -0.1) is 11.3 Å². The zero-order chi connectivity index (χ0) is 12.5. The Kier molecular flexibility index (Phi) is 7.35. The fourth-order valence-electron chi connectivity index (χ4n) is 1.56. The number of nitrogens with zero attached hydrogens (tertiary/aromatic N) is 2. The number of likely N-dealkylation sites (N-methyl/N-ethyl adjacent to an activating group) is 1. The highest BCUT2D eigenvalue weighted by Gasteiger charge is 2.02. The van der Waals surface area contributed by atoms with Crippen molar-refractivity contribution in [2.24, 2.45) is 0 Å². The van der Waals surface area contributed by atoms with E-state index < -0.39 is 0 Å². The van der Waals surface area contributed by atoms with Crippen molar-refractivity contribution in [2.75, 3.05) is 33.3 Å². The molecule has 0 radical (unpaired) electrons. The Morgan fingerprint density at radius 2 is 2.18 bits per heavy atom. The molecule has 1 heterocycles. The van der Waals surface area contributed by atoms with Crippen molar-refractivity contribution in [1.29, 1.82) is 0 Å². The Labute approximate surface area is 108 Å². The normalized spacial score (nSPS) is 11.3. The quantitative estimate of drug-likeness (QED) is 0.684. The molecule has 0 amide bonds. The molecule has 0 aliphatic carbocycles. The number of nitrogens with one attached hydrogen (secondary N) is 1. The molecule has 1 aromatic heterocycles. The first-order valence-corrected chi connectivity index (χ1v) is 7.06. The second-order valence-corrected chi connectivity index (χ2v) is 4.79. The van der Waals surface area contributed by atoms with Gasteiger partial charge in [-0.2, -0.15) is 0 Å². The molecule has 0 aliphatic rings. The molecule has 1 rings (SSSR count). The fraction of sp³-hybridized carbons (Fsp3) is 0.750. The zero-order valence-corrected chi connectivity index (χ0v) is 11.8. The van der Waals surface area contributed by atoms with Crippen LogP contribution in [0.1, 0.15) is 24.5 Å². The molecule has 0 aliphatic heterocycles. The highest BCUT2D eigenvalue weighted by molar-refractivity contribution is 7.09. The fourth-order valence-corrected chi connectivity index (χ4v) is 2.35. The van der Waals surface area contributed by atoms with Crippen LogP contribution in [-0.4, -0.2) is 43.2 Å². The average molecular weight is 257 g/mol. The largest absolute Gasteiger partial charge is 0.374 e. The topological polar surface area (TPSA) is 37.4 Å². The predicted molar refractivity (Wildman–Crippen MR) is 72.3 cm³/mol. The lowest BCUT2D eigenvalue weighted by molar-refractivity contribution is 0.0938. The van der Waals surface area contributed by atoms with E-state index in [1.165, 1.54) is 0 Å². The van der Waals surface area contributed by atoms with Gasteiger partial charge >= 0.3 is 0 Å². The SMILES string of the molecule is CCN(CC)CCOCc1csc(CNC)n1. The van der Waals surface area contributed by atoms with Crippen molar-refractivity contribution >= 4 is 11.3 Å². The lowest BCUT2D eigenvalue weighted by Gasteiger charge is -2.17. The summed E-state index contributed by atoms with van der Waals surface area (Å²) in [7, 11) is 1.93. The minimum atomic E-state index is 0.626. The molecule has 0 bridgehead atoms. The molecule has 0 saturated heterocycles. The molecule has 0 saturated carbocycles. The summed E-state index contributed by atoms with van der Waals surface area (Å²) in [5.74, 6) is 0. The summed E-state index contributed by atoms with van der Waals surface area (Å²) >= 11 is 1.68. The number of hydrogen-bond acceptors (Lipinski definition) is 5. The third-order valence-electron chi connectivity index (χ3n) is 2.62. The van der Waals surface area contributed by atoms with Crippen LogP contribution in [0.2, 0.25) is 0 Å². The summed E-state index contributed by atoms with van der Waals surface area (Å²) in [4.78, 5) is 6.83. The molecule has 0 spiro atoms. The first kappa shape index (κ1) is 14.6. The third-order valence-corrected chi connectivity index (χ3v) is 3.52. The summed E-state index contributed by atoms with van der Waals surface area (Å²) in [6.07, 6.45) is 0. The van der Waals surface area contributed by atoms with E-state index in [9.17, 15) is 0 Å². The van der Waals surface area contributed by atoms with E-state index in [1.54, 1.807) is 11.3 Å². The number of thiazole rings is 1. The number of aromatic nitrogens is 1. The van der Waals surface area contributed by atoms with E-state index in [4.69, 9.17) is 4.74 Å². The van der Waals surface area contributed by atoms with Crippen LogP contribution < -0.4 is 5.32 Å². The highest BCUT2D eigenvalue weighted by atomic mass is 32.1. The summed E-state index contributed by atoms with van der Waals surface area (Å²) in [5.41, 5.74) is 1.04. The molecule has 4 nitrogen and oxygen atoms in total. The molecule has 0 unspecified atom stereocenters. The van der Waals surface area contributed by atoms with Crippen LogP contribution in [0, 0.1) is 0 Å². The van der Waals surface area contributed by atoms with Crippen LogP contribution in [0.15, 0.2) is 5.38 Å². The van der Waals surface area contributed by atoms with Crippen molar-refractivity contribution in [3.05, 3.63) is 16.1 Å². The zero-order valence-electron chi connectivity index (χ0n) is 11.0. The van der Waals surface area contributed by atoms with Gasteiger partial charge in [-0.25, -0.2) is 4.98 Å². The minimum Gasteiger partial charge on any atom is -0.374 e. The predicted octanol–water partition coefficient (Wildman–Crippen LogP) is 1.72. The Bertz CT molecular complexity index is 300. The van der Waals surface area contributed by atoms with Crippen LogP contribution >= 0.6 is 11.3 Å². The van der Waals surface area contributed by atoms with E-state index in [0.29, 0.717) is 6.61 Å². The third kappa shape index (κ3) is 5.59. The monoisotopic (exact) mass is 257 g/mol. The summed E-state index contributed by atoms with van der Waals surface area (Å²) in [6, 6.07) is 0. The van der Waals surface area contributed by atoms with Gasteiger partial charge in [0, 0.05) is 18.5 Å². The van der Waals surface area contributed by atoms with Crippen molar-refractivity contribution in [2.45, 2.75) is 27.0 Å². The van der Waals surface area contributed by atoms with Gasteiger partial charge in [0.05, 0.1) is 18.9 Å². The van der Waals surface area contributed by atoms with Crippen LogP contribution in [0.5, 0.6) is 0 Å². The summed E-state index contributed by atoms with van der Waals surface area (Å²) < 4.78 is 5.63. The molecular formula is C12H23N3OS. The Morgan fingerprint density at radius 1 is 1.41 bits per heavy atom. The van der Waals surface area contributed by atoms with Crippen LogP contribution in [-0.2, 0) is 17.9 Å². The van der Waals surface area contributed by atoms with E-state index in [2.05, 4.69) is 34.4 Å². The Hall–Kier alpha value is -0.490. The highest BCUT2D eigenvalue weighted by Crippen LogP contribution is 2.10. The van der Waals surface area contributed by atoms with Gasteiger partial charge in [0.1, 0.15) is 5.01 Å². The Morgan fingerprint density at radius 3 is 2.82 bits per heavy atom. The van der Waals surface area contributed by atoms with Gasteiger partial charge in [-0.05, 0) is 20.1 Å². The van der Waals surface area contributed by atoms with Gasteiger partial charge in [0.15, 0.2) is 0 Å². The van der Waals surface area contributed by atoms with Crippen molar-refractivity contribution in [3.8, 4) is 0 Å². The van der Waals surface area contributed by atoms with Gasteiger partial charge in [0.25, 0.3) is 0 Å². The molecular weight excluding hydrogens is 234 g/mol. The maximum Gasteiger partial charge on any atom is 0.107 e. The maximum absolute atomic E-state index is 5.63. The molecule has 98 valence electrons. The van der Waals surface area contributed by atoms with E-state index in [1.807, 2.05) is 7.05 Å². The van der Waals surface area contributed by atoms with Gasteiger partial charge in [-0.1, -0.05) is 13.8 Å². The molecule has 17 heavy (non-hydrogen) atoms. The van der Waals surface area contributed by atoms with Crippen LogP contribution in [0.4, 0.5) is 0 Å². The smallest absolute Gasteiger partial charge is 0.107 e. The number of hydrogen-bond donors (Lipinski definition) is 1. The molecule has 1 N–H and O–H groups in total. The molecule has 0 atom stereocenters. The lowest BCUT2D eigenvalue weighted by Crippen LogP contribution is -2.26. The minimum absolute atomic E-state index is 0.626. The molecule has 0 aromatic carbocycles. The second kappa shape index (κ2) is 8.58. The maximum atomic E-state index is 5.63. The van der Waals surface area contributed by atoms with Gasteiger partial charge in [-0.3, -0.25) is 0 Å². The standard InChI is InChI=1S/C12H23N3OS/c1-4-15(5-2)6-7-16-9-11-10-17-12(14-11)8-13-3/h10,13H,4-9H2,1-3H3. The Balaban J connectivity index is 2.17. The van der Waals surface area contributed by atoms with E-state index >= 15 is 0 Å². The molecule has 0 fully saturated rings. The summed E-state index contributed by atoms with van der Waals surface area (Å²) in [6.45, 7) is 9.76. The average Bonchev–Trinajstić information content (AvgIpc) is 2.78. The molecule has 1 aromatic rings. The lowest BCUT2D eigenvalue weighted by atomic mass is 10.5. The number of ether oxygens (including phenoxy) is 1. The molecule has 5 heteroatoms. The van der Waals surface area contributed by atoms with Gasteiger partial charge < -0.3 is 15.0 Å². The van der Waals surface area contributed by atoms with Crippen molar-refractivity contribution < 1.29 is 4.74 Å². The van der Waals surface area contributed by atoms with E-state index in [0.717, 1.165) is 43.5 Å².